The number of benzene rings is 2. The SMILES string of the molecule is CC1CC(C)CN(Sc2ccc3c(c2)c(=O)c2cc(SN4CC(C)CC(C)C4)ccc2n3C)C1. The molecular formula is C28H37N3OS2. The predicted molar refractivity (Wildman–Crippen MR) is 147 cm³/mol. The molecule has 0 saturated carbocycles. The molecule has 0 N–H and O–H groups in total. The number of hydrogen-bond donors (Lipinski definition) is 0. The first kappa shape index (κ1) is 24.2. The molecule has 6 heteroatoms. The largest absolute Gasteiger partial charge is 0.343 e. The average Bonchev–Trinajstić information content (AvgIpc) is 2.76. The van der Waals surface area contributed by atoms with Gasteiger partial charge in [-0.05, 0) is 96.8 Å². The molecule has 2 fully saturated rings. The van der Waals surface area contributed by atoms with Crippen molar-refractivity contribution in [2.24, 2.45) is 30.7 Å². The lowest BCUT2D eigenvalue weighted by Crippen LogP contribution is -2.33. The fourth-order valence-corrected chi connectivity index (χ4v) is 8.54. The first-order valence-electron chi connectivity index (χ1n) is 12.7. The van der Waals surface area contributed by atoms with Gasteiger partial charge in [0.05, 0.1) is 11.0 Å². The second-order valence-corrected chi connectivity index (χ2v) is 13.4. The van der Waals surface area contributed by atoms with Crippen molar-refractivity contribution in [3.05, 3.63) is 46.6 Å². The van der Waals surface area contributed by atoms with Crippen LogP contribution in [0.2, 0.25) is 0 Å². The maximum absolute atomic E-state index is 13.7. The number of piperidine rings is 2. The lowest BCUT2D eigenvalue weighted by atomic mass is 9.94. The van der Waals surface area contributed by atoms with E-state index in [9.17, 15) is 4.79 Å². The van der Waals surface area contributed by atoms with Crippen molar-refractivity contribution in [2.75, 3.05) is 26.2 Å². The molecule has 0 aliphatic carbocycles. The van der Waals surface area contributed by atoms with Crippen LogP contribution < -0.4 is 5.43 Å². The smallest absolute Gasteiger partial charge is 0.197 e. The van der Waals surface area contributed by atoms with E-state index in [1.165, 1.54) is 12.8 Å². The molecule has 3 heterocycles. The number of fused-ring (bicyclic) bond motifs is 2. The van der Waals surface area contributed by atoms with Gasteiger partial charge in [0.1, 0.15) is 0 Å². The third-order valence-electron chi connectivity index (χ3n) is 7.29. The molecule has 4 nitrogen and oxygen atoms in total. The number of nitrogens with zero attached hydrogens (tertiary/aromatic N) is 3. The van der Waals surface area contributed by atoms with Gasteiger partial charge in [-0.3, -0.25) is 4.79 Å². The number of pyridine rings is 1. The van der Waals surface area contributed by atoms with Gasteiger partial charge in [-0.15, -0.1) is 0 Å². The molecule has 2 aliphatic rings. The highest BCUT2D eigenvalue weighted by Crippen LogP contribution is 2.34. The highest BCUT2D eigenvalue weighted by Gasteiger charge is 2.24. The zero-order valence-corrected chi connectivity index (χ0v) is 22.7. The molecule has 5 rings (SSSR count). The van der Waals surface area contributed by atoms with Crippen molar-refractivity contribution in [2.45, 2.75) is 50.3 Å². The molecule has 0 amide bonds. The van der Waals surface area contributed by atoms with E-state index in [0.717, 1.165) is 81.4 Å². The van der Waals surface area contributed by atoms with E-state index in [-0.39, 0.29) is 5.43 Å². The van der Waals surface area contributed by atoms with Crippen LogP contribution in [0.4, 0.5) is 0 Å². The van der Waals surface area contributed by atoms with Gasteiger partial charge >= 0.3 is 0 Å². The zero-order chi connectivity index (χ0) is 24.0. The van der Waals surface area contributed by atoms with Crippen molar-refractivity contribution in [1.29, 1.82) is 0 Å². The molecule has 2 aromatic carbocycles. The van der Waals surface area contributed by atoms with Crippen molar-refractivity contribution in [3.8, 4) is 0 Å². The van der Waals surface area contributed by atoms with Gasteiger partial charge in [0.25, 0.3) is 0 Å². The number of hydrogen-bond acceptors (Lipinski definition) is 5. The maximum atomic E-state index is 13.7. The molecule has 34 heavy (non-hydrogen) atoms. The van der Waals surface area contributed by atoms with E-state index in [0.29, 0.717) is 0 Å². The van der Waals surface area contributed by atoms with Gasteiger partial charge in [-0.25, -0.2) is 8.61 Å². The first-order valence-corrected chi connectivity index (χ1v) is 14.2. The number of rotatable bonds is 4. The van der Waals surface area contributed by atoms with E-state index in [2.05, 4.69) is 84.3 Å². The van der Waals surface area contributed by atoms with Gasteiger partial charge in [-0.2, -0.15) is 0 Å². The minimum atomic E-state index is 0.147. The second-order valence-electron chi connectivity index (χ2n) is 11.0. The number of aromatic nitrogens is 1. The summed E-state index contributed by atoms with van der Waals surface area (Å²) in [5, 5.41) is 1.64. The topological polar surface area (TPSA) is 28.5 Å². The summed E-state index contributed by atoms with van der Waals surface area (Å²) < 4.78 is 7.12. The Labute approximate surface area is 212 Å². The Morgan fingerprint density at radius 3 is 1.44 bits per heavy atom. The third-order valence-corrected chi connectivity index (χ3v) is 9.33. The monoisotopic (exact) mass is 495 g/mol. The van der Waals surface area contributed by atoms with Crippen LogP contribution in [0.15, 0.2) is 51.0 Å². The number of aryl methyl sites for hydroxylation is 1. The lowest BCUT2D eigenvalue weighted by molar-refractivity contribution is 0.237. The summed E-state index contributed by atoms with van der Waals surface area (Å²) in [5.74, 6) is 2.87. The molecular weight excluding hydrogens is 458 g/mol. The molecule has 4 unspecified atom stereocenters. The van der Waals surface area contributed by atoms with E-state index in [1.54, 1.807) is 0 Å². The van der Waals surface area contributed by atoms with Crippen molar-refractivity contribution < 1.29 is 0 Å². The average molecular weight is 496 g/mol. The summed E-state index contributed by atoms with van der Waals surface area (Å²) in [4.78, 5) is 16.0. The highest BCUT2D eigenvalue weighted by atomic mass is 32.2. The Bertz CT molecular complexity index is 1140. The van der Waals surface area contributed by atoms with Crippen LogP contribution >= 0.6 is 23.9 Å². The standard InChI is InChI=1S/C28H37N3OS2/c1-18-10-19(2)15-30(14-18)33-22-6-8-26-24(12-22)28(32)25-13-23(7-9-27(25)29(26)5)34-31-16-20(3)11-21(4)17-31/h6-9,12-13,18-21H,10-11,14-17H2,1-5H3. The summed E-state index contributed by atoms with van der Waals surface area (Å²) in [5.41, 5.74) is 2.15. The normalized spacial score (nSPS) is 27.0. The predicted octanol–water partition coefficient (Wildman–Crippen LogP) is 6.66. The van der Waals surface area contributed by atoms with Crippen molar-refractivity contribution in [1.82, 2.24) is 13.2 Å². The molecule has 4 atom stereocenters. The molecule has 0 spiro atoms. The molecule has 2 saturated heterocycles. The molecule has 0 bridgehead atoms. The third kappa shape index (κ3) is 5.06. The molecule has 182 valence electrons. The Balaban J connectivity index is 1.47. The van der Waals surface area contributed by atoms with E-state index < -0.39 is 0 Å². The minimum absolute atomic E-state index is 0.147. The molecule has 2 aliphatic heterocycles. The van der Waals surface area contributed by atoms with Crippen molar-refractivity contribution in [3.63, 3.8) is 0 Å². The zero-order valence-electron chi connectivity index (χ0n) is 21.1. The van der Waals surface area contributed by atoms with Gasteiger partial charge in [0, 0.05) is 53.8 Å². The van der Waals surface area contributed by atoms with Crippen LogP contribution in [0.5, 0.6) is 0 Å². The van der Waals surface area contributed by atoms with Gasteiger partial charge in [0.2, 0.25) is 0 Å². The Morgan fingerprint density at radius 2 is 1.06 bits per heavy atom. The fraction of sp³-hybridized carbons (Fsp3) is 0.536. The Kier molecular flexibility index (Phi) is 7.04. The van der Waals surface area contributed by atoms with Gasteiger partial charge in [0.15, 0.2) is 5.43 Å². The summed E-state index contributed by atoms with van der Waals surface area (Å²) in [6.45, 7) is 13.8. The molecule has 3 aromatic rings. The Morgan fingerprint density at radius 1 is 0.676 bits per heavy atom. The van der Waals surface area contributed by atoms with Crippen LogP contribution in [0.25, 0.3) is 21.8 Å². The van der Waals surface area contributed by atoms with Crippen LogP contribution in [0.3, 0.4) is 0 Å². The van der Waals surface area contributed by atoms with Crippen LogP contribution in [0, 0.1) is 23.7 Å². The Hall–Kier alpha value is -1.47. The van der Waals surface area contributed by atoms with Gasteiger partial charge in [-0.1, -0.05) is 27.7 Å². The quantitative estimate of drug-likeness (QED) is 0.298. The van der Waals surface area contributed by atoms with E-state index >= 15 is 0 Å². The summed E-state index contributed by atoms with van der Waals surface area (Å²) in [6.07, 6.45) is 2.60. The molecule has 0 radical (unpaired) electrons. The van der Waals surface area contributed by atoms with Crippen LogP contribution in [-0.2, 0) is 7.05 Å². The second kappa shape index (κ2) is 9.88. The fourth-order valence-electron chi connectivity index (χ4n) is 6.03. The first-order chi connectivity index (χ1) is 16.3. The van der Waals surface area contributed by atoms with Crippen LogP contribution in [-0.4, -0.2) is 39.4 Å². The summed E-state index contributed by atoms with van der Waals surface area (Å²) in [7, 11) is 2.08. The summed E-state index contributed by atoms with van der Waals surface area (Å²) >= 11 is 3.62. The maximum Gasteiger partial charge on any atom is 0.197 e. The minimum Gasteiger partial charge on any atom is -0.343 e. The van der Waals surface area contributed by atoms with Crippen molar-refractivity contribution >= 4 is 45.7 Å². The van der Waals surface area contributed by atoms with E-state index in [1.807, 2.05) is 23.9 Å². The van der Waals surface area contributed by atoms with Crippen LogP contribution in [0.1, 0.15) is 40.5 Å². The molecule has 1 aromatic heterocycles. The lowest BCUT2D eigenvalue weighted by Gasteiger charge is -2.34. The van der Waals surface area contributed by atoms with E-state index in [4.69, 9.17) is 0 Å². The summed E-state index contributed by atoms with van der Waals surface area (Å²) in [6, 6.07) is 12.8. The highest BCUT2D eigenvalue weighted by molar-refractivity contribution is 7.97. The van der Waals surface area contributed by atoms with Gasteiger partial charge < -0.3 is 4.57 Å².